The lowest BCUT2D eigenvalue weighted by molar-refractivity contribution is 0.158. The van der Waals surface area contributed by atoms with Gasteiger partial charge in [0.1, 0.15) is 0 Å². The molecule has 2 nitrogen and oxygen atoms in total. The zero-order chi connectivity index (χ0) is 11.4. The summed E-state index contributed by atoms with van der Waals surface area (Å²) in [7, 11) is 0. The molecule has 0 unspecified atom stereocenters. The van der Waals surface area contributed by atoms with E-state index in [1.807, 2.05) is 13.0 Å². The molecule has 0 rings (SSSR count). The molecule has 0 aromatic heterocycles. The van der Waals surface area contributed by atoms with Gasteiger partial charge >= 0.3 is 0 Å². The molecule has 0 heterocycles. The van der Waals surface area contributed by atoms with Crippen molar-refractivity contribution in [3.05, 3.63) is 24.8 Å². The summed E-state index contributed by atoms with van der Waals surface area (Å²) in [6, 6.07) is 0. The van der Waals surface area contributed by atoms with Crippen molar-refractivity contribution in [3.63, 3.8) is 0 Å². The second-order valence-electron chi connectivity index (χ2n) is 3.90. The monoisotopic (exact) mass is 211 g/mol. The lowest BCUT2D eigenvalue weighted by Crippen LogP contribution is -2.21. The Morgan fingerprint density at radius 3 is 2.73 bits per heavy atom. The summed E-state index contributed by atoms with van der Waals surface area (Å²) in [5, 5.41) is 3.36. The summed E-state index contributed by atoms with van der Waals surface area (Å²) in [4.78, 5) is 0. The van der Waals surface area contributed by atoms with E-state index in [1.54, 1.807) is 0 Å². The molecule has 0 aliphatic heterocycles. The molecule has 0 atom stereocenters. The summed E-state index contributed by atoms with van der Waals surface area (Å²) in [6.45, 7) is 12.9. The van der Waals surface area contributed by atoms with E-state index in [-0.39, 0.29) is 0 Å². The van der Waals surface area contributed by atoms with Gasteiger partial charge in [-0.25, -0.2) is 0 Å². The van der Waals surface area contributed by atoms with Crippen LogP contribution in [-0.2, 0) is 4.74 Å². The fraction of sp³-hybridized carbons (Fsp3) is 0.692. The number of hydrogen-bond acceptors (Lipinski definition) is 2. The van der Waals surface area contributed by atoms with Gasteiger partial charge in [-0.1, -0.05) is 24.6 Å². The van der Waals surface area contributed by atoms with Crippen LogP contribution in [-0.4, -0.2) is 26.3 Å². The van der Waals surface area contributed by atoms with E-state index in [2.05, 4.69) is 18.5 Å². The smallest absolute Gasteiger partial charge is 0.0672 e. The Kier molecular flexibility index (Phi) is 11.0. The van der Waals surface area contributed by atoms with Crippen LogP contribution in [0.1, 0.15) is 32.6 Å². The Bertz CT molecular complexity index is 166. The van der Waals surface area contributed by atoms with Gasteiger partial charge in [-0.3, -0.25) is 0 Å². The van der Waals surface area contributed by atoms with Crippen LogP contribution >= 0.6 is 0 Å². The van der Waals surface area contributed by atoms with Crippen LogP contribution in [0.5, 0.6) is 0 Å². The van der Waals surface area contributed by atoms with Crippen molar-refractivity contribution >= 4 is 0 Å². The average Bonchev–Trinajstić information content (AvgIpc) is 2.20. The van der Waals surface area contributed by atoms with E-state index in [1.165, 1.54) is 19.3 Å². The molecule has 1 N–H and O–H groups in total. The molecule has 2 heteroatoms. The highest BCUT2D eigenvalue weighted by atomic mass is 16.5. The highest BCUT2D eigenvalue weighted by molar-refractivity contribution is 4.87. The number of unbranched alkanes of at least 4 members (excludes halogenated alkanes) is 3. The maximum atomic E-state index is 5.36. The molecule has 0 bridgehead atoms. The second kappa shape index (κ2) is 11.5. The standard InChI is InChI=1S/C13H25NO/c1-4-5-6-7-8-9-14-10-11-15-12-13(2)3/h4,14H,1-2,5-12H2,3H3. The first kappa shape index (κ1) is 14.4. The predicted molar refractivity (Wildman–Crippen MR) is 67.2 cm³/mol. The van der Waals surface area contributed by atoms with Gasteiger partial charge in [-0.05, 0) is 32.7 Å². The van der Waals surface area contributed by atoms with Gasteiger partial charge < -0.3 is 10.1 Å². The van der Waals surface area contributed by atoms with Gasteiger partial charge in [0.15, 0.2) is 0 Å². The van der Waals surface area contributed by atoms with Crippen molar-refractivity contribution in [1.82, 2.24) is 5.32 Å². The Hall–Kier alpha value is -0.600. The molecule has 0 amide bonds. The van der Waals surface area contributed by atoms with Crippen LogP contribution < -0.4 is 5.32 Å². The van der Waals surface area contributed by atoms with Gasteiger partial charge in [0.05, 0.1) is 13.2 Å². The van der Waals surface area contributed by atoms with E-state index in [0.29, 0.717) is 6.61 Å². The molecule has 88 valence electrons. The third-order valence-corrected chi connectivity index (χ3v) is 2.03. The van der Waals surface area contributed by atoms with Gasteiger partial charge in [0.2, 0.25) is 0 Å². The van der Waals surface area contributed by atoms with E-state index >= 15 is 0 Å². The first-order chi connectivity index (χ1) is 7.27. The summed E-state index contributed by atoms with van der Waals surface area (Å²) >= 11 is 0. The third kappa shape index (κ3) is 13.4. The quantitative estimate of drug-likeness (QED) is 0.419. The van der Waals surface area contributed by atoms with Crippen LogP contribution in [0.3, 0.4) is 0 Å². The second-order valence-corrected chi connectivity index (χ2v) is 3.90. The number of allylic oxidation sites excluding steroid dienone is 1. The van der Waals surface area contributed by atoms with Crippen LogP contribution in [0.4, 0.5) is 0 Å². The van der Waals surface area contributed by atoms with Crippen LogP contribution in [0.2, 0.25) is 0 Å². The molecule has 0 radical (unpaired) electrons. The molecule has 15 heavy (non-hydrogen) atoms. The first-order valence-corrected chi connectivity index (χ1v) is 5.81. The van der Waals surface area contributed by atoms with Crippen LogP contribution in [0.15, 0.2) is 24.8 Å². The van der Waals surface area contributed by atoms with E-state index in [9.17, 15) is 0 Å². The number of nitrogens with one attached hydrogen (secondary N) is 1. The third-order valence-electron chi connectivity index (χ3n) is 2.03. The van der Waals surface area contributed by atoms with Crippen LogP contribution in [0.25, 0.3) is 0 Å². The zero-order valence-electron chi connectivity index (χ0n) is 10.1. The fourth-order valence-corrected chi connectivity index (χ4v) is 1.23. The summed E-state index contributed by atoms with van der Waals surface area (Å²) in [5.74, 6) is 0. The Labute approximate surface area is 94.4 Å². The maximum Gasteiger partial charge on any atom is 0.0672 e. The number of hydrogen-bond donors (Lipinski definition) is 1. The van der Waals surface area contributed by atoms with Gasteiger partial charge in [0.25, 0.3) is 0 Å². The molecule has 0 saturated carbocycles. The van der Waals surface area contributed by atoms with E-state index in [4.69, 9.17) is 4.74 Å². The molecular formula is C13H25NO. The van der Waals surface area contributed by atoms with Gasteiger partial charge in [-0.2, -0.15) is 0 Å². The average molecular weight is 211 g/mol. The normalized spacial score (nSPS) is 10.2. The SMILES string of the molecule is C=CCCCCCNCCOCC(=C)C. The largest absolute Gasteiger partial charge is 0.376 e. The topological polar surface area (TPSA) is 21.3 Å². The zero-order valence-corrected chi connectivity index (χ0v) is 10.1. The van der Waals surface area contributed by atoms with Crippen molar-refractivity contribution in [1.29, 1.82) is 0 Å². The first-order valence-electron chi connectivity index (χ1n) is 5.81. The van der Waals surface area contributed by atoms with Crippen molar-refractivity contribution in [2.75, 3.05) is 26.3 Å². The Morgan fingerprint density at radius 2 is 2.07 bits per heavy atom. The summed E-state index contributed by atoms with van der Waals surface area (Å²) < 4.78 is 5.36. The number of ether oxygens (including phenoxy) is 1. The van der Waals surface area contributed by atoms with Crippen molar-refractivity contribution in [3.8, 4) is 0 Å². The number of rotatable bonds is 11. The molecule has 0 aromatic rings. The van der Waals surface area contributed by atoms with E-state index in [0.717, 1.165) is 31.7 Å². The Balaban J connectivity index is 2.92. The van der Waals surface area contributed by atoms with Crippen molar-refractivity contribution < 1.29 is 4.74 Å². The molecule has 0 aliphatic rings. The van der Waals surface area contributed by atoms with Crippen molar-refractivity contribution in [2.45, 2.75) is 32.6 Å². The minimum absolute atomic E-state index is 0.682. The minimum Gasteiger partial charge on any atom is -0.376 e. The summed E-state index contributed by atoms with van der Waals surface area (Å²) in [5.41, 5.74) is 1.08. The van der Waals surface area contributed by atoms with Gasteiger partial charge in [0, 0.05) is 6.54 Å². The molecular weight excluding hydrogens is 186 g/mol. The molecule has 0 fully saturated rings. The maximum absolute atomic E-state index is 5.36. The summed E-state index contributed by atoms with van der Waals surface area (Å²) in [6.07, 6.45) is 6.91. The lowest BCUT2D eigenvalue weighted by Gasteiger charge is -2.05. The lowest BCUT2D eigenvalue weighted by atomic mass is 10.2. The molecule has 0 aliphatic carbocycles. The van der Waals surface area contributed by atoms with Crippen molar-refractivity contribution in [2.24, 2.45) is 0 Å². The predicted octanol–water partition coefficient (Wildman–Crippen LogP) is 2.92. The van der Waals surface area contributed by atoms with Crippen LogP contribution in [0, 0.1) is 0 Å². The molecule has 0 saturated heterocycles. The molecule has 0 aromatic carbocycles. The Morgan fingerprint density at radius 1 is 1.27 bits per heavy atom. The highest BCUT2D eigenvalue weighted by Crippen LogP contribution is 1.98. The fourth-order valence-electron chi connectivity index (χ4n) is 1.23. The van der Waals surface area contributed by atoms with E-state index < -0.39 is 0 Å². The highest BCUT2D eigenvalue weighted by Gasteiger charge is 1.90. The van der Waals surface area contributed by atoms with Gasteiger partial charge in [-0.15, -0.1) is 6.58 Å². The minimum atomic E-state index is 0.682. The molecule has 0 spiro atoms.